The molecular formula is C11H13ClN2O. The third-order valence-electron chi connectivity index (χ3n) is 2.63. The molecule has 0 saturated carbocycles. The largest absolute Gasteiger partial charge is 0.349 e. The van der Waals surface area contributed by atoms with Gasteiger partial charge in [0.05, 0.1) is 0 Å². The Hall–Kier alpha value is -1.06. The van der Waals surface area contributed by atoms with Gasteiger partial charge < -0.3 is 11.1 Å². The number of hydrogen-bond acceptors (Lipinski definition) is 2. The molecule has 1 aliphatic heterocycles. The summed E-state index contributed by atoms with van der Waals surface area (Å²) >= 11 is 5.84. The zero-order valence-corrected chi connectivity index (χ0v) is 9.05. The van der Waals surface area contributed by atoms with Crippen LogP contribution in [0.3, 0.4) is 0 Å². The monoisotopic (exact) mass is 224 g/mol. The number of nitrogens with one attached hydrogen (secondary N) is 1. The number of rotatable bonds is 2. The number of fused-ring (bicyclic) bond motifs is 1. The van der Waals surface area contributed by atoms with Gasteiger partial charge in [0, 0.05) is 16.6 Å². The maximum absolute atomic E-state index is 11.7. The highest BCUT2D eigenvalue weighted by Crippen LogP contribution is 2.21. The van der Waals surface area contributed by atoms with E-state index >= 15 is 0 Å². The molecule has 1 unspecified atom stereocenters. The Morgan fingerprint density at radius 2 is 2.33 bits per heavy atom. The van der Waals surface area contributed by atoms with Gasteiger partial charge in [-0.15, -0.1) is 0 Å². The second-order valence-corrected chi connectivity index (χ2v) is 4.19. The van der Waals surface area contributed by atoms with Crippen LogP contribution in [0.1, 0.15) is 22.3 Å². The summed E-state index contributed by atoms with van der Waals surface area (Å²) < 4.78 is 0. The van der Waals surface area contributed by atoms with E-state index in [2.05, 4.69) is 5.32 Å². The predicted molar refractivity (Wildman–Crippen MR) is 60.1 cm³/mol. The van der Waals surface area contributed by atoms with Crippen LogP contribution in [0.4, 0.5) is 0 Å². The molecule has 3 nitrogen and oxygen atoms in total. The van der Waals surface area contributed by atoms with Crippen LogP contribution in [0.25, 0.3) is 0 Å². The molecule has 1 heterocycles. The highest BCUT2D eigenvalue weighted by Gasteiger charge is 2.23. The molecule has 1 aromatic rings. The zero-order valence-electron chi connectivity index (χ0n) is 8.29. The van der Waals surface area contributed by atoms with Crippen molar-refractivity contribution in [1.29, 1.82) is 0 Å². The van der Waals surface area contributed by atoms with Crippen LogP contribution in [0.15, 0.2) is 18.2 Å². The van der Waals surface area contributed by atoms with E-state index < -0.39 is 0 Å². The molecule has 0 fully saturated rings. The first-order valence-electron chi connectivity index (χ1n) is 5.00. The fraction of sp³-hybridized carbons (Fsp3) is 0.364. The van der Waals surface area contributed by atoms with Gasteiger partial charge in [0.15, 0.2) is 0 Å². The Morgan fingerprint density at radius 3 is 3.07 bits per heavy atom. The van der Waals surface area contributed by atoms with Crippen molar-refractivity contribution in [1.82, 2.24) is 5.32 Å². The molecular weight excluding hydrogens is 212 g/mol. The first-order valence-corrected chi connectivity index (χ1v) is 5.38. The first kappa shape index (κ1) is 10.5. The third-order valence-corrected chi connectivity index (χ3v) is 2.87. The predicted octanol–water partition coefficient (Wildman–Crippen LogP) is 1.34. The Morgan fingerprint density at radius 1 is 1.53 bits per heavy atom. The van der Waals surface area contributed by atoms with E-state index in [9.17, 15) is 4.79 Å². The summed E-state index contributed by atoms with van der Waals surface area (Å²) in [6.07, 6.45) is 1.66. The molecule has 0 saturated heterocycles. The number of carbonyl (C=O) groups is 1. The molecule has 0 spiro atoms. The Kier molecular flexibility index (Phi) is 2.93. The molecule has 0 bridgehead atoms. The van der Waals surface area contributed by atoms with Crippen molar-refractivity contribution in [3.8, 4) is 0 Å². The van der Waals surface area contributed by atoms with Crippen LogP contribution >= 0.6 is 11.6 Å². The highest BCUT2D eigenvalue weighted by atomic mass is 35.5. The summed E-state index contributed by atoms with van der Waals surface area (Å²) in [5.74, 6) is -0.0443. The quantitative estimate of drug-likeness (QED) is 0.797. The first-order chi connectivity index (χ1) is 7.20. The molecule has 15 heavy (non-hydrogen) atoms. The van der Waals surface area contributed by atoms with Gasteiger partial charge in [0.2, 0.25) is 0 Å². The van der Waals surface area contributed by atoms with E-state index in [1.54, 1.807) is 6.07 Å². The van der Waals surface area contributed by atoms with Crippen LogP contribution in [0, 0.1) is 0 Å². The third kappa shape index (κ3) is 2.13. The summed E-state index contributed by atoms with van der Waals surface area (Å²) in [5.41, 5.74) is 7.22. The van der Waals surface area contributed by atoms with E-state index in [1.807, 2.05) is 12.1 Å². The zero-order chi connectivity index (χ0) is 10.8. The normalized spacial score (nSPS) is 19.6. The van der Waals surface area contributed by atoms with Crippen LogP contribution in [0.5, 0.6) is 0 Å². The Bertz CT molecular complexity index is 392. The van der Waals surface area contributed by atoms with Crippen molar-refractivity contribution in [3.63, 3.8) is 0 Å². The van der Waals surface area contributed by atoms with Crippen molar-refractivity contribution < 1.29 is 4.79 Å². The van der Waals surface area contributed by atoms with Crippen molar-refractivity contribution in [3.05, 3.63) is 34.3 Å². The average Bonchev–Trinajstić information content (AvgIpc) is 2.20. The second-order valence-electron chi connectivity index (χ2n) is 3.75. The number of amides is 1. The molecule has 0 radical (unpaired) electrons. The van der Waals surface area contributed by atoms with Gasteiger partial charge in [-0.05, 0) is 37.1 Å². The van der Waals surface area contributed by atoms with E-state index in [0.29, 0.717) is 17.1 Å². The van der Waals surface area contributed by atoms with Crippen LogP contribution in [-0.2, 0) is 6.42 Å². The van der Waals surface area contributed by atoms with Gasteiger partial charge in [0.1, 0.15) is 0 Å². The van der Waals surface area contributed by atoms with Gasteiger partial charge in [-0.25, -0.2) is 0 Å². The summed E-state index contributed by atoms with van der Waals surface area (Å²) in [6, 6.07) is 5.61. The number of nitrogens with two attached hydrogens (primary N) is 1. The molecule has 3 N–H and O–H groups in total. The molecule has 1 aromatic carbocycles. The van der Waals surface area contributed by atoms with E-state index in [-0.39, 0.29) is 11.9 Å². The lowest BCUT2D eigenvalue weighted by Gasteiger charge is -2.25. The van der Waals surface area contributed by atoms with Gasteiger partial charge >= 0.3 is 0 Å². The van der Waals surface area contributed by atoms with Crippen LogP contribution in [-0.4, -0.2) is 18.5 Å². The number of halogens is 1. The summed E-state index contributed by atoms with van der Waals surface area (Å²) in [7, 11) is 0. The minimum atomic E-state index is -0.0443. The average molecular weight is 225 g/mol. The molecule has 1 atom stereocenters. The van der Waals surface area contributed by atoms with E-state index in [1.165, 1.54) is 0 Å². The highest BCUT2D eigenvalue weighted by molar-refractivity contribution is 6.31. The SMILES string of the molecule is NCCC1Cc2ccc(Cl)cc2C(=O)N1. The minimum absolute atomic E-state index is 0.0443. The number of hydrogen-bond donors (Lipinski definition) is 2. The standard InChI is InChI=1S/C11H13ClN2O/c12-8-2-1-7-5-9(3-4-13)14-11(15)10(7)6-8/h1-2,6,9H,3-5,13H2,(H,14,15). The van der Waals surface area contributed by atoms with Crippen LogP contribution in [0.2, 0.25) is 5.02 Å². The van der Waals surface area contributed by atoms with E-state index in [4.69, 9.17) is 17.3 Å². The van der Waals surface area contributed by atoms with Crippen molar-refractivity contribution in [2.45, 2.75) is 18.9 Å². The number of benzene rings is 1. The smallest absolute Gasteiger partial charge is 0.251 e. The van der Waals surface area contributed by atoms with Gasteiger partial charge in [-0.1, -0.05) is 17.7 Å². The molecule has 1 amide bonds. The van der Waals surface area contributed by atoms with Crippen molar-refractivity contribution in [2.24, 2.45) is 5.73 Å². The van der Waals surface area contributed by atoms with Crippen LogP contribution < -0.4 is 11.1 Å². The fourth-order valence-electron chi connectivity index (χ4n) is 1.89. The molecule has 4 heteroatoms. The maximum Gasteiger partial charge on any atom is 0.251 e. The van der Waals surface area contributed by atoms with Gasteiger partial charge in [-0.3, -0.25) is 4.79 Å². The van der Waals surface area contributed by atoms with Gasteiger partial charge in [0.25, 0.3) is 5.91 Å². The molecule has 2 rings (SSSR count). The lowest BCUT2D eigenvalue weighted by atomic mass is 9.94. The summed E-state index contributed by atoms with van der Waals surface area (Å²) in [6.45, 7) is 0.591. The molecule has 0 aliphatic carbocycles. The summed E-state index contributed by atoms with van der Waals surface area (Å²) in [4.78, 5) is 11.7. The topological polar surface area (TPSA) is 55.1 Å². The number of carbonyl (C=O) groups excluding carboxylic acids is 1. The minimum Gasteiger partial charge on any atom is -0.349 e. The second kappa shape index (κ2) is 4.21. The Labute approximate surface area is 93.6 Å². The molecule has 1 aliphatic rings. The molecule has 80 valence electrons. The lowest BCUT2D eigenvalue weighted by molar-refractivity contribution is 0.0923. The van der Waals surface area contributed by atoms with E-state index in [0.717, 1.165) is 18.4 Å². The fourth-order valence-corrected chi connectivity index (χ4v) is 2.07. The maximum atomic E-state index is 11.7. The molecule has 0 aromatic heterocycles. The van der Waals surface area contributed by atoms with Crippen molar-refractivity contribution in [2.75, 3.05) is 6.54 Å². The van der Waals surface area contributed by atoms with Crippen molar-refractivity contribution >= 4 is 17.5 Å². The summed E-state index contributed by atoms with van der Waals surface area (Å²) in [5, 5.41) is 3.52. The Balaban J connectivity index is 2.28. The van der Waals surface area contributed by atoms with Gasteiger partial charge in [-0.2, -0.15) is 0 Å². The lowest BCUT2D eigenvalue weighted by Crippen LogP contribution is -2.42.